The van der Waals surface area contributed by atoms with Crippen LogP contribution >= 0.6 is 24.0 Å². The number of hydrogen-bond acceptors (Lipinski definition) is 3. The monoisotopic (exact) mass is 522 g/mol. The third-order valence-electron chi connectivity index (χ3n) is 4.95. The number of carbonyl (C=O) groups excluding carboxylic acids is 1. The Kier molecular flexibility index (Phi) is 9.93. The molecule has 1 saturated heterocycles. The molecule has 0 unspecified atom stereocenters. The smallest absolute Gasteiger partial charge is 0.222 e. The van der Waals surface area contributed by atoms with Crippen molar-refractivity contribution in [3.05, 3.63) is 65.2 Å². The van der Waals surface area contributed by atoms with E-state index in [2.05, 4.69) is 46.8 Å². The van der Waals surface area contributed by atoms with E-state index >= 15 is 0 Å². The predicted molar refractivity (Wildman–Crippen MR) is 131 cm³/mol. The highest BCUT2D eigenvalue weighted by Gasteiger charge is 2.19. The molecule has 0 spiro atoms. The number of nitrogens with one attached hydrogen (secondary N) is 2. The maximum absolute atomic E-state index is 11.8. The molecular weight excluding hydrogens is 491 g/mol. The largest absolute Gasteiger partial charge is 0.497 e. The van der Waals surface area contributed by atoms with Crippen molar-refractivity contribution in [3.63, 3.8) is 0 Å². The van der Waals surface area contributed by atoms with Gasteiger partial charge < -0.3 is 20.3 Å². The van der Waals surface area contributed by atoms with Crippen LogP contribution < -0.4 is 15.4 Å². The van der Waals surface area contributed by atoms with Crippen molar-refractivity contribution in [1.29, 1.82) is 0 Å². The molecule has 7 heteroatoms. The Morgan fingerprint density at radius 2 is 1.70 bits per heavy atom. The van der Waals surface area contributed by atoms with E-state index in [0.29, 0.717) is 26.1 Å². The lowest BCUT2D eigenvalue weighted by atomic mass is 10.1. The van der Waals surface area contributed by atoms with Gasteiger partial charge in [-0.15, -0.1) is 24.0 Å². The Bertz CT molecular complexity index is 822. The van der Waals surface area contributed by atoms with Crippen molar-refractivity contribution in [1.82, 2.24) is 15.5 Å². The Hall–Kier alpha value is -2.29. The number of aliphatic imine (C=N–C) groups is 1. The van der Waals surface area contributed by atoms with E-state index in [9.17, 15) is 4.79 Å². The van der Waals surface area contributed by atoms with Gasteiger partial charge in [-0.05, 0) is 42.2 Å². The molecule has 1 fully saturated rings. The van der Waals surface area contributed by atoms with E-state index in [1.807, 2.05) is 29.2 Å². The van der Waals surface area contributed by atoms with Gasteiger partial charge in [0, 0.05) is 32.6 Å². The van der Waals surface area contributed by atoms with Crippen molar-refractivity contribution >= 4 is 35.8 Å². The van der Waals surface area contributed by atoms with Crippen molar-refractivity contribution < 1.29 is 9.53 Å². The normalized spacial score (nSPS) is 13.7. The van der Waals surface area contributed by atoms with Crippen LogP contribution in [0.4, 0.5) is 0 Å². The number of halogens is 1. The summed E-state index contributed by atoms with van der Waals surface area (Å²) < 4.78 is 5.19. The second-order valence-corrected chi connectivity index (χ2v) is 7.13. The number of carbonyl (C=O) groups is 1. The zero-order valence-electron chi connectivity index (χ0n) is 17.7. The van der Waals surface area contributed by atoms with E-state index in [-0.39, 0.29) is 29.9 Å². The number of nitrogens with zero attached hydrogens (tertiary/aromatic N) is 2. The minimum Gasteiger partial charge on any atom is -0.497 e. The summed E-state index contributed by atoms with van der Waals surface area (Å²) in [6, 6.07) is 16.4. The van der Waals surface area contributed by atoms with Gasteiger partial charge in [-0.2, -0.15) is 0 Å². The standard InChI is InChI=1S/C23H30N4O2.HI/c1-3-24-23(26-16-19-10-12-21(29-2)13-11-19)25-15-18-6-8-20(9-7-18)17-27-14-4-5-22(27)28;/h6-13H,3-5,14-17H2,1-2H3,(H2,24,25,26);1H. The molecule has 1 aliphatic rings. The van der Waals surface area contributed by atoms with Crippen LogP contribution in [0.3, 0.4) is 0 Å². The van der Waals surface area contributed by atoms with Crippen LogP contribution in [0.15, 0.2) is 53.5 Å². The summed E-state index contributed by atoms with van der Waals surface area (Å²) in [6.45, 7) is 5.73. The molecule has 2 N–H and O–H groups in total. The van der Waals surface area contributed by atoms with E-state index < -0.39 is 0 Å². The second-order valence-electron chi connectivity index (χ2n) is 7.13. The third-order valence-corrected chi connectivity index (χ3v) is 4.95. The fourth-order valence-corrected chi connectivity index (χ4v) is 3.28. The molecule has 30 heavy (non-hydrogen) atoms. The Morgan fingerprint density at radius 1 is 1.03 bits per heavy atom. The average molecular weight is 522 g/mol. The van der Waals surface area contributed by atoms with E-state index in [0.717, 1.165) is 36.8 Å². The highest BCUT2D eigenvalue weighted by Crippen LogP contribution is 2.15. The summed E-state index contributed by atoms with van der Waals surface area (Å²) in [7, 11) is 1.67. The van der Waals surface area contributed by atoms with Crippen LogP contribution in [0.25, 0.3) is 0 Å². The molecule has 0 aromatic heterocycles. The molecule has 3 rings (SSSR count). The number of likely N-dealkylation sites (tertiary alicyclic amines) is 1. The maximum Gasteiger partial charge on any atom is 0.222 e. The number of rotatable bonds is 8. The first-order valence-electron chi connectivity index (χ1n) is 10.2. The Morgan fingerprint density at radius 3 is 2.30 bits per heavy atom. The van der Waals surface area contributed by atoms with Crippen molar-refractivity contribution in [2.45, 2.75) is 39.4 Å². The van der Waals surface area contributed by atoms with Crippen molar-refractivity contribution in [3.8, 4) is 5.75 Å². The molecule has 2 aromatic carbocycles. The van der Waals surface area contributed by atoms with Gasteiger partial charge in [0.25, 0.3) is 0 Å². The molecule has 0 atom stereocenters. The topological polar surface area (TPSA) is 66.0 Å². The van der Waals surface area contributed by atoms with Crippen LogP contribution in [0.5, 0.6) is 5.75 Å². The zero-order chi connectivity index (χ0) is 20.5. The maximum atomic E-state index is 11.8. The highest BCUT2D eigenvalue weighted by atomic mass is 127. The number of guanidine groups is 1. The minimum absolute atomic E-state index is 0. The van der Waals surface area contributed by atoms with Crippen LogP contribution in [0.2, 0.25) is 0 Å². The molecule has 0 radical (unpaired) electrons. The summed E-state index contributed by atoms with van der Waals surface area (Å²) in [6.07, 6.45) is 1.66. The van der Waals surface area contributed by atoms with Crippen LogP contribution in [-0.2, 0) is 24.4 Å². The van der Waals surface area contributed by atoms with Gasteiger partial charge in [-0.1, -0.05) is 36.4 Å². The van der Waals surface area contributed by atoms with Gasteiger partial charge in [0.15, 0.2) is 5.96 Å². The highest BCUT2D eigenvalue weighted by molar-refractivity contribution is 14.0. The average Bonchev–Trinajstić information content (AvgIpc) is 3.16. The summed E-state index contributed by atoms with van der Waals surface area (Å²) in [5, 5.41) is 6.66. The molecule has 1 heterocycles. The molecule has 2 aromatic rings. The second kappa shape index (κ2) is 12.4. The molecule has 0 aliphatic carbocycles. The number of hydrogen-bond donors (Lipinski definition) is 2. The third kappa shape index (κ3) is 7.19. The van der Waals surface area contributed by atoms with E-state index in [4.69, 9.17) is 4.74 Å². The van der Waals surface area contributed by atoms with Gasteiger partial charge in [0.05, 0.1) is 13.7 Å². The molecule has 0 bridgehead atoms. The summed E-state index contributed by atoms with van der Waals surface area (Å²) in [5.41, 5.74) is 3.48. The van der Waals surface area contributed by atoms with E-state index in [1.165, 1.54) is 11.1 Å². The van der Waals surface area contributed by atoms with E-state index in [1.54, 1.807) is 7.11 Å². The lowest BCUT2D eigenvalue weighted by Gasteiger charge is -2.16. The molecule has 6 nitrogen and oxygen atoms in total. The summed E-state index contributed by atoms with van der Waals surface area (Å²) in [4.78, 5) is 18.4. The lowest BCUT2D eigenvalue weighted by Crippen LogP contribution is -2.36. The summed E-state index contributed by atoms with van der Waals surface area (Å²) >= 11 is 0. The van der Waals surface area contributed by atoms with Crippen LogP contribution in [-0.4, -0.2) is 37.0 Å². The van der Waals surface area contributed by atoms with Gasteiger partial charge in [-0.3, -0.25) is 4.79 Å². The summed E-state index contributed by atoms with van der Waals surface area (Å²) in [5.74, 6) is 1.90. The lowest BCUT2D eigenvalue weighted by molar-refractivity contribution is -0.128. The fraction of sp³-hybridized carbons (Fsp3) is 0.391. The predicted octanol–water partition coefficient (Wildman–Crippen LogP) is 3.69. The quantitative estimate of drug-likeness (QED) is 0.316. The van der Waals surface area contributed by atoms with Gasteiger partial charge in [0.2, 0.25) is 5.91 Å². The first-order chi connectivity index (χ1) is 14.2. The first kappa shape index (κ1) is 24.0. The molecule has 1 amide bonds. The number of benzene rings is 2. The van der Waals surface area contributed by atoms with Gasteiger partial charge >= 0.3 is 0 Å². The molecule has 162 valence electrons. The minimum atomic E-state index is 0. The number of amides is 1. The zero-order valence-corrected chi connectivity index (χ0v) is 20.0. The SMILES string of the molecule is CCNC(=NCc1ccc(OC)cc1)NCc1ccc(CN2CCCC2=O)cc1.I. The van der Waals surface area contributed by atoms with Crippen molar-refractivity contribution in [2.24, 2.45) is 4.99 Å². The number of ether oxygens (including phenoxy) is 1. The molecule has 1 aliphatic heterocycles. The fourth-order valence-electron chi connectivity index (χ4n) is 3.28. The number of methoxy groups -OCH3 is 1. The van der Waals surface area contributed by atoms with Crippen LogP contribution in [0.1, 0.15) is 36.5 Å². The molecule has 0 saturated carbocycles. The van der Waals surface area contributed by atoms with Gasteiger partial charge in [-0.25, -0.2) is 4.99 Å². The van der Waals surface area contributed by atoms with Crippen molar-refractivity contribution in [2.75, 3.05) is 20.2 Å². The Labute approximate surface area is 196 Å². The van der Waals surface area contributed by atoms with Crippen LogP contribution in [0, 0.1) is 0 Å². The first-order valence-corrected chi connectivity index (χ1v) is 10.2. The molecular formula is C23H31IN4O2. The van der Waals surface area contributed by atoms with Gasteiger partial charge in [0.1, 0.15) is 5.75 Å². The Balaban J connectivity index is 0.00000320.